The van der Waals surface area contributed by atoms with E-state index in [0.29, 0.717) is 12.0 Å². The third-order valence-electron chi connectivity index (χ3n) is 3.09. The highest BCUT2D eigenvalue weighted by Gasteiger charge is 2.23. The van der Waals surface area contributed by atoms with Crippen LogP contribution in [0.1, 0.15) is 63.6 Å². The SMILES string of the molecule is CCCc1nnsc1C(NCC)C(C)CCC. The molecule has 0 saturated heterocycles. The lowest BCUT2D eigenvalue weighted by atomic mass is 9.94. The minimum absolute atomic E-state index is 0.432. The van der Waals surface area contributed by atoms with Crippen molar-refractivity contribution in [3.63, 3.8) is 0 Å². The Bertz CT molecular complexity index is 311. The second kappa shape index (κ2) is 7.77. The van der Waals surface area contributed by atoms with Gasteiger partial charge in [0.2, 0.25) is 0 Å². The summed E-state index contributed by atoms with van der Waals surface area (Å²) in [5.41, 5.74) is 1.20. The van der Waals surface area contributed by atoms with E-state index in [4.69, 9.17) is 0 Å². The van der Waals surface area contributed by atoms with E-state index in [0.717, 1.165) is 19.4 Å². The molecule has 17 heavy (non-hydrogen) atoms. The number of hydrogen-bond donors (Lipinski definition) is 1. The van der Waals surface area contributed by atoms with E-state index in [1.165, 1.54) is 23.4 Å². The molecule has 1 heterocycles. The van der Waals surface area contributed by atoms with E-state index in [-0.39, 0.29) is 0 Å². The molecule has 0 saturated carbocycles. The molecule has 98 valence electrons. The average molecular weight is 255 g/mol. The molecule has 4 heteroatoms. The Morgan fingerprint density at radius 2 is 2.00 bits per heavy atom. The number of nitrogens with zero attached hydrogens (tertiary/aromatic N) is 2. The summed E-state index contributed by atoms with van der Waals surface area (Å²) in [6.45, 7) is 9.94. The second-order valence-electron chi connectivity index (χ2n) is 4.64. The van der Waals surface area contributed by atoms with Gasteiger partial charge in [-0.2, -0.15) is 0 Å². The molecule has 0 fully saturated rings. The van der Waals surface area contributed by atoms with Gasteiger partial charge in [0.25, 0.3) is 0 Å². The van der Waals surface area contributed by atoms with Gasteiger partial charge in [-0.1, -0.05) is 45.0 Å². The van der Waals surface area contributed by atoms with Gasteiger partial charge >= 0.3 is 0 Å². The van der Waals surface area contributed by atoms with E-state index in [1.807, 2.05) is 0 Å². The lowest BCUT2D eigenvalue weighted by Crippen LogP contribution is -2.27. The Kier molecular flexibility index (Phi) is 6.66. The van der Waals surface area contributed by atoms with Crippen molar-refractivity contribution < 1.29 is 0 Å². The number of nitrogens with one attached hydrogen (secondary N) is 1. The quantitative estimate of drug-likeness (QED) is 0.771. The zero-order chi connectivity index (χ0) is 12.7. The first kappa shape index (κ1) is 14.6. The first-order chi connectivity index (χ1) is 8.24. The summed E-state index contributed by atoms with van der Waals surface area (Å²) in [4.78, 5) is 1.36. The normalized spacial score (nSPS) is 14.8. The first-order valence-electron chi connectivity index (χ1n) is 6.79. The van der Waals surface area contributed by atoms with E-state index in [2.05, 4.69) is 42.6 Å². The molecule has 2 unspecified atom stereocenters. The zero-order valence-corrected chi connectivity index (χ0v) is 12.3. The summed E-state index contributed by atoms with van der Waals surface area (Å²) in [7, 11) is 0. The van der Waals surface area contributed by atoms with Crippen molar-refractivity contribution >= 4 is 11.5 Å². The lowest BCUT2D eigenvalue weighted by Gasteiger charge is -2.23. The Morgan fingerprint density at radius 3 is 2.59 bits per heavy atom. The van der Waals surface area contributed by atoms with Crippen molar-refractivity contribution in [2.45, 2.75) is 59.4 Å². The van der Waals surface area contributed by atoms with Gasteiger partial charge in [0, 0.05) is 6.04 Å². The highest BCUT2D eigenvalue weighted by Crippen LogP contribution is 2.30. The lowest BCUT2D eigenvalue weighted by molar-refractivity contribution is 0.371. The largest absolute Gasteiger partial charge is 0.309 e. The predicted octanol–water partition coefficient (Wildman–Crippen LogP) is 3.58. The van der Waals surface area contributed by atoms with E-state index in [9.17, 15) is 0 Å². The van der Waals surface area contributed by atoms with Gasteiger partial charge in [-0.25, -0.2) is 0 Å². The molecular formula is C13H25N3S. The van der Waals surface area contributed by atoms with Crippen molar-refractivity contribution in [1.29, 1.82) is 0 Å². The van der Waals surface area contributed by atoms with Crippen molar-refractivity contribution in [3.8, 4) is 0 Å². The second-order valence-corrected chi connectivity index (χ2v) is 5.42. The zero-order valence-electron chi connectivity index (χ0n) is 11.5. The van der Waals surface area contributed by atoms with E-state index >= 15 is 0 Å². The topological polar surface area (TPSA) is 37.8 Å². The van der Waals surface area contributed by atoms with Crippen molar-refractivity contribution in [2.75, 3.05) is 6.54 Å². The van der Waals surface area contributed by atoms with Crippen LogP contribution in [0.25, 0.3) is 0 Å². The summed E-state index contributed by atoms with van der Waals surface area (Å²) in [6.07, 6.45) is 4.67. The number of aryl methyl sites for hydroxylation is 1. The molecule has 0 spiro atoms. The first-order valence-corrected chi connectivity index (χ1v) is 7.56. The van der Waals surface area contributed by atoms with Gasteiger partial charge in [0.15, 0.2) is 0 Å². The highest BCUT2D eigenvalue weighted by molar-refractivity contribution is 7.05. The van der Waals surface area contributed by atoms with Crippen LogP contribution in [0.3, 0.4) is 0 Å². The third kappa shape index (κ3) is 4.03. The minimum atomic E-state index is 0.432. The summed E-state index contributed by atoms with van der Waals surface area (Å²) in [6, 6.07) is 0.432. The maximum Gasteiger partial charge on any atom is 0.0803 e. The maximum atomic E-state index is 4.28. The monoisotopic (exact) mass is 255 g/mol. The van der Waals surface area contributed by atoms with Crippen LogP contribution in [0.2, 0.25) is 0 Å². The molecule has 2 atom stereocenters. The van der Waals surface area contributed by atoms with Gasteiger partial charge in [-0.05, 0) is 36.8 Å². The fraction of sp³-hybridized carbons (Fsp3) is 0.846. The smallest absolute Gasteiger partial charge is 0.0803 e. The van der Waals surface area contributed by atoms with Gasteiger partial charge in [-0.3, -0.25) is 0 Å². The molecule has 0 aliphatic carbocycles. The third-order valence-corrected chi connectivity index (χ3v) is 3.94. The number of aromatic nitrogens is 2. The number of rotatable bonds is 8. The van der Waals surface area contributed by atoms with E-state index in [1.54, 1.807) is 11.5 Å². The molecular weight excluding hydrogens is 230 g/mol. The number of hydrogen-bond acceptors (Lipinski definition) is 4. The predicted molar refractivity (Wildman–Crippen MR) is 74.4 cm³/mol. The van der Waals surface area contributed by atoms with Crippen LogP contribution in [0.15, 0.2) is 0 Å². The van der Waals surface area contributed by atoms with Crippen LogP contribution in [-0.2, 0) is 6.42 Å². The van der Waals surface area contributed by atoms with Crippen molar-refractivity contribution in [1.82, 2.24) is 14.9 Å². The Labute approximate surface area is 109 Å². The van der Waals surface area contributed by atoms with Crippen LogP contribution < -0.4 is 5.32 Å². The van der Waals surface area contributed by atoms with Crippen LogP contribution in [-0.4, -0.2) is 16.1 Å². The molecule has 0 bridgehead atoms. The van der Waals surface area contributed by atoms with Crippen LogP contribution in [0.4, 0.5) is 0 Å². The maximum absolute atomic E-state index is 4.28. The molecule has 1 N–H and O–H groups in total. The van der Waals surface area contributed by atoms with Crippen LogP contribution >= 0.6 is 11.5 Å². The van der Waals surface area contributed by atoms with Crippen LogP contribution in [0, 0.1) is 5.92 Å². The Balaban J connectivity index is 2.84. The highest BCUT2D eigenvalue weighted by atomic mass is 32.1. The van der Waals surface area contributed by atoms with Gasteiger partial charge in [0.05, 0.1) is 10.6 Å². The van der Waals surface area contributed by atoms with Crippen molar-refractivity contribution in [3.05, 3.63) is 10.6 Å². The summed E-state index contributed by atoms with van der Waals surface area (Å²) in [5, 5.41) is 7.88. The molecule has 1 aromatic rings. The van der Waals surface area contributed by atoms with Crippen LogP contribution in [0.5, 0.6) is 0 Å². The molecule has 0 radical (unpaired) electrons. The standard InChI is InChI=1S/C13H25N3S/c1-5-8-10(4)12(14-7-3)13-11(9-6-2)15-16-17-13/h10,12,14H,5-9H2,1-4H3. The van der Waals surface area contributed by atoms with E-state index < -0.39 is 0 Å². The molecule has 0 amide bonds. The minimum Gasteiger partial charge on any atom is -0.309 e. The molecule has 0 aromatic carbocycles. The van der Waals surface area contributed by atoms with Gasteiger partial charge in [-0.15, -0.1) is 5.10 Å². The Morgan fingerprint density at radius 1 is 1.24 bits per heavy atom. The fourth-order valence-corrected chi connectivity index (χ4v) is 3.16. The molecule has 0 aliphatic heterocycles. The molecule has 1 rings (SSSR count). The summed E-state index contributed by atoms with van der Waals surface area (Å²) in [5.74, 6) is 0.651. The van der Waals surface area contributed by atoms with Gasteiger partial charge < -0.3 is 5.32 Å². The summed E-state index contributed by atoms with van der Waals surface area (Å²) < 4.78 is 4.14. The molecule has 0 aliphatic rings. The average Bonchev–Trinajstić information content (AvgIpc) is 2.75. The summed E-state index contributed by atoms with van der Waals surface area (Å²) >= 11 is 1.57. The van der Waals surface area contributed by atoms with Crippen molar-refractivity contribution in [2.24, 2.45) is 5.92 Å². The van der Waals surface area contributed by atoms with Gasteiger partial charge in [0.1, 0.15) is 0 Å². The molecule has 3 nitrogen and oxygen atoms in total. The fourth-order valence-electron chi connectivity index (χ4n) is 2.26. The Hall–Kier alpha value is -0.480. The molecule has 1 aromatic heterocycles.